The molecule has 1 aromatic rings. The standard InChI is InChI=1S/C15H20BrN3O2/c1-9(2)13-15(21-4)18-11(14(19-13)20-3)7-10-5-6-12(16)17-8-10/h5-6,8-9,11,13H,7H2,1-4H3/t11-,13+/m0/s1. The molecule has 6 heteroatoms. The van der Waals surface area contributed by atoms with Gasteiger partial charge in [-0.25, -0.2) is 15.0 Å². The van der Waals surface area contributed by atoms with E-state index in [4.69, 9.17) is 9.47 Å². The van der Waals surface area contributed by atoms with Gasteiger partial charge in [0, 0.05) is 12.6 Å². The van der Waals surface area contributed by atoms with E-state index in [-0.39, 0.29) is 12.1 Å². The second-order valence-electron chi connectivity index (χ2n) is 5.24. The minimum absolute atomic E-state index is 0.0794. The van der Waals surface area contributed by atoms with E-state index in [1.54, 1.807) is 14.2 Å². The molecule has 0 N–H and O–H groups in total. The van der Waals surface area contributed by atoms with Crippen molar-refractivity contribution in [3.05, 3.63) is 28.5 Å². The van der Waals surface area contributed by atoms with Crippen molar-refractivity contribution in [1.29, 1.82) is 0 Å². The number of aliphatic imine (C=N–C) groups is 2. The highest BCUT2D eigenvalue weighted by Gasteiger charge is 2.30. The summed E-state index contributed by atoms with van der Waals surface area (Å²) in [6, 6.07) is 3.69. The number of ether oxygens (including phenoxy) is 2. The summed E-state index contributed by atoms with van der Waals surface area (Å²) in [5.41, 5.74) is 1.08. The Morgan fingerprint density at radius 1 is 1.14 bits per heavy atom. The van der Waals surface area contributed by atoms with Crippen molar-refractivity contribution < 1.29 is 9.47 Å². The monoisotopic (exact) mass is 353 g/mol. The zero-order valence-corrected chi connectivity index (χ0v) is 14.3. The quantitative estimate of drug-likeness (QED) is 0.785. The Bertz CT molecular complexity index is 540. The first-order valence-electron chi connectivity index (χ1n) is 6.89. The molecule has 0 saturated carbocycles. The van der Waals surface area contributed by atoms with Gasteiger partial charge in [-0.15, -0.1) is 0 Å². The number of nitrogens with zero attached hydrogens (tertiary/aromatic N) is 3. The normalized spacial score (nSPS) is 21.8. The number of hydrogen-bond acceptors (Lipinski definition) is 5. The van der Waals surface area contributed by atoms with Crippen molar-refractivity contribution in [2.45, 2.75) is 32.4 Å². The molecule has 0 aliphatic carbocycles. The lowest BCUT2D eigenvalue weighted by molar-refractivity contribution is 0.332. The Kier molecular flexibility index (Phi) is 5.33. The second kappa shape index (κ2) is 7.02. The highest BCUT2D eigenvalue weighted by molar-refractivity contribution is 9.10. The third-order valence-electron chi connectivity index (χ3n) is 3.35. The zero-order chi connectivity index (χ0) is 15.4. The molecule has 0 amide bonds. The molecule has 2 atom stereocenters. The van der Waals surface area contributed by atoms with Crippen molar-refractivity contribution >= 4 is 27.7 Å². The molecule has 2 rings (SSSR count). The SMILES string of the molecule is COC1=N[C@H](C(C)C)C(OC)=N[C@H]1Cc1ccc(Br)nc1. The number of aromatic nitrogens is 1. The van der Waals surface area contributed by atoms with Gasteiger partial charge in [0.1, 0.15) is 16.7 Å². The maximum Gasteiger partial charge on any atom is 0.209 e. The minimum atomic E-state index is -0.164. The van der Waals surface area contributed by atoms with E-state index in [2.05, 4.69) is 44.7 Å². The number of methoxy groups -OCH3 is 2. The first-order chi connectivity index (χ1) is 10.0. The Morgan fingerprint density at radius 2 is 1.86 bits per heavy atom. The number of halogens is 1. The molecule has 21 heavy (non-hydrogen) atoms. The van der Waals surface area contributed by atoms with Crippen LogP contribution in [0.5, 0.6) is 0 Å². The number of rotatable bonds is 3. The molecule has 1 aliphatic heterocycles. The maximum atomic E-state index is 5.43. The van der Waals surface area contributed by atoms with E-state index in [0.717, 1.165) is 10.2 Å². The summed E-state index contributed by atoms with van der Waals surface area (Å²) in [6.45, 7) is 4.18. The van der Waals surface area contributed by atoms with Gasteiger partial charge in [0.25, 0.3) is 0 Å². The van der Waals surface area contributed by atoms with Crippen LogP contribution in [-0.4, -0.2) is 43.1 Å². The highest BCUT2D eigenvalue weighted by atomic mass is 79.9. The molecule has 0 spiro atoms. The van der Waals surface area contributed by atoms with E-state index in [0.29, 0.717) is 24.1 Å². The number of hydrogen-bond donors (Lipinski definition) is 0. The molecular weight excluding hydrogens is 334 g/mol. The van der Waals surface area contributed by atoms with Crippen LogP contribution in [-0.2, 0) is 15.9 Å². The van der Waals surface area contributed by atoms with Gasteiger partial charge < -0.3 is 9.47 Å². The van der Waals surface area contributed by atoms with Gasteiger partial charge in [-0.2, -0.15) is 0 Å². The van der Waals surface area contributed by atoms with Crippen molar-refractivity contribution in [2.24, 2.45) is 15.9 Å². The van der Waals surface area contributed by atoms with E-state index in [1.807, 2.05) is 18.3 Å². The van der Waals surface area contributed by atoms with Crippen LogP contribution in [0.3, 0.4) is 0 Å². The number of pyridine rings is 1. The van der Waals surface area contributed by atoms with Crippen LogP contribution in [0.1, 0.15) is 19.4 Å². The first kappa shape index (κ1) is 15.9. The molecule has 1 aliphatic rings. The summed E-state index contributed by atoms with van der Waals surface area (Å²) in [5, 5.41) is 0. The van der Waals surface area contributed by atoms with Gasteiger partial charge in [0.2, 0.25) is 11.8 Å². The first-order valence-corrected chi connectivity index (χ1v) is 7.68. The van der Waals surface area contributed by atoms with Gasteiger partial charge in [0.05, 0.1) is 14.2 Å². The summed E-state index contributed by atoms with van der Waals surface area (Å²) in [5.74, 6) is 1.63. The van der Waals surface area contributed by atoms with Gasteiger partial charge in [-0.1, -0.05) is 19.9 Å². The fourth-order valence-electron chi connectivity index (χ4n) is 2.24. The van der Waals surface area contributed by atoms with Crippen LogP contribution in [0.15, 0.2) is 32.9 Å². The van der Waals surface area contributed by atoms with Gasteiger partial charge in [-0.3, -0.25) is 0 Å². The van der Waals surface area contributed by atoms with Crippen LogP contribution in [0, 0.1) is 5.92 Å². The summed E-state index contributed by atoms with van der Waals surface area (Å²) >= 11 is 3.33. The van der Waals surface area contributed by atoms with E-state index in [1.165, 1.54) is 0 Å². The van der Waals surface area contributed by atoms with E-state index >= 15 is 0 Å². The van der Waals surface area contributed by atoms with Crippen molar-refractivity contribution in [1.82, 2.24) is 4.98 Å². The third-order valence-corrected chi connectivity index (χ3v) is 3.82. The molecule has 0 bridgehead atoms. The topological polar surface area (TPSA) is 56.1 Å². The molecule has 0 saturated heterocycles. The summed E-state index contributed by atoms with van der Waals surface area (Å²) in [4.78, 5) is 13.6. The van der Waals surface area contributed by atoms with Crippen molar-refractivity contribution in [3.63, 3.8) is 0 Å². The van der Waals surface area contributed by atoms with Crippen LogP contribution in [0.4, 0.5) is 0 Å². The fourth-order valence-corrected chi connectivity index (χ4v) is 2.48. The predicted octanol–water partition coefficient (Wildman–Crippen LogP) is 2.88. The molecule has 0 unspecified atom stereocenters. The fraction of sp³-hybridized carbons (Fsp3) is 0.533. The summed E-state index contributed by atoms with van der Waals surface area (Å²) in [7, 11) is 3.27. The Hall–Kier alpha value is -1.43. The van der Waals surface area contributed by atoms with Crippen LogP contribution < -0.4 is 0 Å². The molecule has 0 fully saturated rings. The average Bonchev–Trinajstić information content (AvgIpc) is 2.48. The molecule has 2 heterocycles. The largest absolute Gasteiger partial charge is 0.483 e. The predicted molar refractivity (Wildman–Crippen MR) is 86.9 cm³/mol. The summed E-state index contributed by atoms with van der Waals surface area (Å²) < 4.78 is 11.7. The Labute approximate surface area is 133 Å². The Balaban J connectivity index is 2.23. The molecule has 114 valence electrons. The van der Waals surface area contributed by atoms with Crippen LogP contribution in [0.2, 0.25) is 0 Å². The molecule has 5 nitrogen and oxygen atoms in total. The Morgan fingerprint density at radius 3 is 2.38 bits per heavy atom. The van der Waals surface area contributed by atoms with E-state index in [9.17, 15) is 0 Å². The zero-order valence-electron chi connectivity index (χ0n) is 12.7. The average molecular weight is 354 g/mol. The van der Waals surface area contributed by atoms with Crippen molar-refractivity contribution in [2.75, 3.05) is 14.2 Å². The lowest BCUT2D eigenvalue weighted by Crippen LogP contribution is -2.38. The molecule has 0 aromatic carbocycles. The lowest BCUT2D eigenvalue weighted by atomic mass is 10.0. The van der Waals surface area contributed by atoms with Gasteiger partial charge in [0.15, 0.2) is 0 Å². The second-order valence-corrected chi connectivity index (χ2v) is 6.05. The van der Waals surface area contributed by atoms with Crippen LogP contribution >= 0.6 is 15.9 Å². The molecule has 1 aromatic heterocycles. The lowest BCUT2D eigenvalue weighted by Gasteiger charge is -2.27. The smallest absolute Gasteiger partial charge is 0.209 e. The van der Waals surface area contributed by atoms with Gasteiger partial charge in [-0.05, 0) is 33.5 Å². The molecule has 0 radical (unpaired) electrons. The van der Waals surface area contributed by atoms with Gasteiger partial charge >= 0.3 is 0 Å². The van der Waals surface area contributed by atoms with E-state index < -0.39 is 0 Å². The molecular formula is C15H20BrN3O2. The van der Waals surface area contributed by atoms with Crippen molar-refractivity contribution in [3.8, 4) is 0 Å². The highest BCUT2D eigenvalue weighted by Crippen LogP contribution is 2.20. The third kappa shape index (κ3) is 3.81. The minimum Gasteiger partial charge on any atom is -0.483 e. The van der Waals surface area contributed by atoms with Crippen LogP contribution in [0.25, 0.3) is 0 Å². The maximum absolute atomic E-state index is 5.43. The summed E-state index contributed by atoms with van der Waals surface area (Å²) in [6.07, 6.45) is 2.51.